The Morgan fingerprint density at radius 2 is 1.00 bits per heavy atom. The molecule has 1 saturated heterocycles. The lowest BCUT2D eigenvalue weighted by atomic mass is 10.6. The van der Waals surface area contributed by atoms with Gasteiger partial charge in [0.15, 0.2) is 0 Å². The Kier molecular flexibility index (Phi) is 3.90. The van der Waals surface area contributed by atoms with Gasteiger partial charge < -0.3 is 0 Å². The van der Waals surface area contributed by atoms with Crippen LogP contribution in [0.4, 0.5) is 0 Å². The molecule has 0 radical (unpaired) electrons. The monoisotopic (exact) mass is 336 g/mol. The largest absolute Gasteiger partial charge is 0.296 e. The molecule has 12 heavy (non-hydrogen) atoms. The van der Waals surface area contributed by atoms with Gasteiger partial charge in [-0.25, -0.2) is 0 Å². The van der Waals surface area contributed by atoms with Gasteiger partial charge in [-0.15, -0.1) is 66.5 Å². The number of halogens is 6. The van der Waals surface area contributed by atoms with E-state index in [9.17, 15) is 0 Å². The standard InChI is InChI=1S/C3H6Cl6Si3/c4-10(5)2-1-3-11(6,7)12(10,8)9/h1-3H2. The molecule has 72 valence electrons. The van der Waals surface area contributed by atoms with E-state index in [0.717, 1.165) is 18.5 Å². The lowest BCUT2D eigenvalue weighted by molar-refractivity contribution is 1.05. The second-order valence-corrected chi connectivity index (χ2v) is 39.4. The highest BCUT2D eigenvalue weighted by molar-refractivity contribution is 8.15. The van der Waals surface area contributed by atoms with E-state index in [1.165, 1.54) is 0 Å². The fourth-order valence-electron chi connectivity index (χ4n) is 1.11. The van der Waals surface area contributed by atoms with Gasteiger partial charge >= 0.3 is 0 Å². The van der Waals surface area contributed by atoms with Gasteiger partial charge in [-0.1, -0.05) is 6.42 Å². The first-order valence-electron chi connectivity index (χ1n) is 3.34. The Bertz CT molecular complexity index is 172. The first-order chi connectivity index (χ1) is 5.21. The first kappa shape index (κ1) is 12.5. The molecular formula is C3H6Cl6Si3. The van der Waals surface area contributed by atoms with Crippen molar-refractivity contribution in [3.05, 3.63) is 0 Å². The summed E-state index contributed by atoms with van der Waals surface area (Å²) in [4.78, 5) is 0. The maximum Gasteiger partial charge on any atom is 0.296 e. The van der Waals surface area contributed by atoms with Crippen LogP contribution in [0.15, 0.2) is 0 Å². The lowest BCUT2D eigenvalue weighted by Crippen LogP contribution is -2.65. The summed E-state index contributed by atoms with van der Waals surface area (Å²) in [5.74, 6) is 0. The van der Waals surface area contributed by atoms with Gasteiger partial charge in [0, 0.05) is 0 Å². The van der Waals surface area contributed by atoms with Crippen molar-refractivity contribution in [3.8, 4) is 0 Å². The van der Waals surface area contributed by atoms with Crippen LogP contribution in [0.1, 0.15) is 6.42 Å². The average molecular weight is 339 g/mol. The summed E-state index contributed by atoms with van der Waals surface area (Å²) in [6.45, 7) is 0. The zero-order chi connectivity index (χ0) is 9.62. The van der Waals surface area contributed by atoms with E-state index < -0.39 is 18.2 Å². The zero-order valence-electron chi connectivity index (χ0n) is 5.89. The molecule has 1 aliphatic rings. The van der Waals surface area contributed by atoms with Crippen molar-refractivity contribution >= 4 is 84.6 Å². The Hall–Kier alpha value is 2.39. The summed E-state index contributed by atoms with van der Waals surface area (Å²) in [7, 11) is 0. The quantitative estimate of drug-likeness (QED) is 0.456. The Morgan fingerprint density at radius 3 is 1.25 bits per heavy atom. The van der Waals surface area contributed by atoms with E-state index >= 15 is 0 Å². The van der Waals surface area contributed by atoms with Crippen LogP contribution >= 0.6 is 66.5 Å². The fourth-order valence-corrected chi connectivity index (χ4v) is 43.1. The van der Waals surface area contributed by atoms with E-state index in [1.807, 2.05) is 0 Å². The van der Waals surface area contributed by atoms with Crippen LogP contribution in [0.25, 0.3) is 0 Å². The lowest BCUT2D eigenvalue weighted by Gasteiger charge is -2.39. The minimum atomic E-state index is -2.76. The van der Waals surface area contributed by atoms with E-state index in [4.69, 9.17) is 66.5 Å². The number of rotatable bonds is 0. The van der Waals surface area contributed by atoms with Gasteiger partial charge in [-0.3, -0.25) is 0 Å². The smallest absolute Gasteiger partial charge is 0.147 e. The summed E-state index contributed by atoms with van der Waals surface area (Å²) >= 11 is 36.8. The van der Waals surface area contributed by atoms with E-state index in [2.05, 4.69) is 0 Å². The molecule has 0 N–H and O–H groups in total. The second kappa shape index (κ2) is 3.76. The molecule has 0 aliphatic carbocycles. The maximum atomic E-state index is 6.16. The molecule has 1 rings (SSSR count). The summed E-state index contributed by atoms with van der Waals surface area (Å²) in [6, 6.07) is 1.45. The Balaban J connectivity index is 2.99. The van der Waals surface area contributed by atoms with Crippen molar-refractivity contribution in [2.45, 2.75) is 18.5 Å². The van der Waals surface area contributed by atoms with Gasteiger partial charge in [0.05, 0.1) is 0 Å². The van der Waals surface area contributed by atoms with Crippen molar-refractivity contribution < 1.29 is 0 Å². The molecule has 0 spiro atoms. The van der Waals surface area contributed by atoms with Crippen molar-refractivity contribution in [1.82, 2.24) is 0 Å². The SMILES string of the molecule is Cl[Si]1(Cl)CCC[Si](Cl)(Cl)[Si]1(Cl)Cl. The molecule has 0 atom stereocenters. The Morgan fingerprint density at radius 1 is 0.667 bits per heavy atom. The van der Waals surface area contributed by atoms with Crippen LogP contribution in [-0.4, -0.2) is 18.2 Å². The molecule has 0 aromatic rings. The average Bonchev–Trinajstić information content (AvgIpc) is 1.83. The van der Waals surface area contributed by atoms with Crippen LogP contribution < -0.4 is 0 Å². The van der Waals surface area contributed by atoms with Crippen LogP contribution in [0, 0.1) is 0 Å². The Labute approximate surface area is 102 Å². The van der Waals surface area contributed by atoms with Crippen LogP contribution in [0.2, 0.25) is 12.1 Å². The molecule has 0 aromatic carbocycles. The zero-order valence-corrected chi connectivity index (χ0v) is 13.4. The second-order valence-electron chi connectivity index (χ2n) is 2.84. The van der Waals surface area contributed by atoms with Gasteiger partial charge in [0.2, 0.25) is 0 Å². The van der Waals surface area contributed by atoms with Gasteiger partial charge in [0.25, 0.3) is 18.2 Å². The van der Waals surface area contributed by atoms with Gasteiger partial charge in [0.1, 0.15) is 0 Å². The van der Waals surface area contributed by atoms with Crippen molar-refractivity contribution in [2.75, 3.05) is 0 Å². The van der Waals surface area contributed by atoms with Crippen molar-refractivity contribution in [1.29, 1.82) is 0 Å². The summed E-state index contributed by atoms with van der Waals surface area (Å²) in [5.41, 5.74) is -2.76. The molecular weight excluding hydrogens is 333 g/mol. The third-order valence-electron chi connectivity index (χ3n) is 1.90. The summed E-state index contributed by atoms with van der Waals surface area (Å²) in [6.07, 6.45) is -4.22. The van der Waals surface area contributed by atoms with Gasteiger partial charge in [-0.05, 0) is 12.1 Å². The molecule has 0 nitrogen and oxygen atoms in total. The van der Waals surface area contributed by atoms with Gasteiger partial charge in [-0.2, -0.15) is 0 Å². The third kappa shape index (κ3) is 1.99. The summed E-state index contributed by atoms with van der Waals surface area (Å²) in [5, 5.41) is 0. The molecule has 0 saturated carbocycles. The molecule has 1 heterocycles. The van der Waals surface area contributed by atoms with E-state index in [-0.39, 0.29) is 0 Å². The minimum Gasteiger partial charge on any atom is -0.147 e. The van der Waals surface area contributed by atoms with E-state index in [0.29, 0.717) is 0 Å². The first-order valence-corrected chi connectivity index (χ1v) is 17.8. The molecule has 0 aromatic heterocycles. The van der Waals surface area contributed by atoms with Crippen molar-refractivity contribution in [2.24, 2.45) is 0 Å². The normalized spacial score (nSPS) is 31.5. The maximum absolute atomic E-state index is 6.16. The molecule has 0 unspecified atom stereocenters. The fraction of sp³-hybridized carbons (Fsp3) is 1.00. The minimum absolute atomic E-state index is 0.726. The van der Waals surface area contributed by atoms with Crippen LogP contribution in [0.5, 0.6) is 0 Å². The molecule has 9 heteroatoms. The molecule has 1 fully saturated rings. The highest BCUT2D eigenvalue weighted by Crippen LogP contribution is 2.52. The predicted molar refractivity (Wildman–Crippen MR) is 66.6 cm³/mol. The van der Waals surface area contributed by atoms with E-state index in [1.54, 1.807) is 0 Å². The highest BCUT2D eigenvalue weighted by Gasteiger charge is 2.69. The molecule has 0 bridgehead atoms. The van der Waals surface area contributed by atoms with Crippen molar-refractivity contribution in [3.63, 3.8) is 0 Å². The summed E-state index contributed by atoms with van der Waals surface area (Å²) < 4.78 is 0. The van der Waals surface area contributed by atoms with Crippen LogP contribution in [0.3, 0.4) is 0 Å². The predicted octanol–water partition coefficient (Wildman–Crippen LogP) is 4.31. The molecule has 1 aliphatic heterocycles. The highest BCUT2D eigenvalue weighted by atomic mass is 35.8. The third-order valence-corrected chi connectivity index (χ3v) is 57.2. The van der Waals surface area contributed by atoms with Crippen LogP contribution in [-0.2, 0) is 0 Å². The number of hydrogen-bond acceptors (Lipinski definition) is 0. The number of hydrogen-bond donors (Lipinski definition) is 0. The molecule has 0 amide bonds. The topological polar surface area (TPSA) is 0 Å².